The predicted octanol–water partition coefficient (Wildman–Crippen LogP) is 4.04. The van der Waals surface area contributed by atoms with E-state index in [0.717, 1.165) is 19.6 Å². The lowest BCUT2D eigenvalue weighted by Crippen LogP contribution is -2.50. The Morgan fingerprint density at radius 1 is 0.931 bits per heavy atom. The van der Waals surface area contributed by atoms with Crippen LogP contribution in [0.4, 0.5) is 0 Å². The molecule has 5 aliphatic rings. The normalized spacial score (nSPS) is 35.1. The summed E-state index contributed by atoms with van der Waals surface area (Å²) in [7, 11) is 1.47. The molecule has 5 bridgehead atoms. The summed E-state index contributed by atoms with van der Waals surface area (Å²) in [5.74, 6) is -6.05. The SMILES string of the molecule is CO[C@H]1/C=C/O[C@@]2(C)Oc3c(C)c(O)c4c(c3C2=O)C2=NC3(CCN(CC(C)C)CC3)NC2=C(NC(=O)/C(C)=C\C=C\[C@H](C)[C@H](O)[C@@H](C)[C@@H](O)[C@@H](C)[C@H](O)[C@@H]1C)C4=O. The number of amides is 1. The van der Waals surface area contributed by atoms with Crippen LogP contribution in [0, 0.1) is 36.5 Å². The summed E-state index contributed by atoms with van der Waals surface area (Å²) >= 11 is 0. The highest BCUT2D eigenvalue weighted by atomic mass is 16.7. The van der Waals surface area contributed by atoms with Gasteiger partial charge in [0.25, 0.3) is 11.7 Å². The molecule has 0 unspecified atom stereocenters. The third-order valence-corrected chi connectivity index (χ3v) is 12.7. The number of aromatic hydroxyl groups is 1. The molecule has 9 atom stereocenters. The molecule has 4 aliphatic heterocycles. The number of phenols is 1. The van der Waals surface area contributed by atoms with Crippen LogP contribution in [0.25, 0.3) is 0 Å². The maximum absolute atomic E-state index is 14.7. The first-order valence-electron chi connectivity index (χ1n) is 20.4. The van der Waals surface area contributed by atoms with Crippen molar-refractivity contribution >= 4 is 23.2 Å². The number of likely N-dealkylation sites (tertiary alicyclic amines) is 1. The Morgan fingerprint density at radius 2 is 1.57 bits per heavy atom. The number of methoxy groups -OCH3 is 1. The maximum atomic E-state index is 14.7. The number of ether oxygens (including phenoxy) is 3. The zero-order valence-corrected chi connectivity index (χ0v) is 35.3. The molecule has 6 N–H and O–H groups in total. The molecule has 14 heteroatoms. The minimum absolute atomic E-state index is 0.0308. The summed E-state index contributed by atoms with van der Waals surface area (Å²) < 4.78 is 18.0. The van der Waals surface area contributed by atoms with Crippen molar-refractivity contribution in [3.05, 3.63) is 69.8 Å². The number of carbonyl (C=O) groups is 3. The highest BCUT2D eigenvalue weighted by Gasteiger charge is 2.54. The van der Waals surface area contributed by atoms with Gasteiger partial charge in [-0.05, 0) is 25.8 Å². The molecule has 1 spiro atoms. The minimum Gasteiger partial charge on any atom is -0.507 e. The smallest absolute Gasteiger partial charge is 0.312 e. The standard InChI is InChI=1S/C44H60N4O10/c1-21(2)20-48-17-15-44(16-18-48)46-32-29-30-38(52)27(8)40-31(29)41(54)43(9,58-40)57-19-14-28(56-10)24(5)36(50)26(7)37(51)25(6)35(49)22(3)12-11-13-23(4)42(55)45-34(39(30)53)33(32)47-44/h11-14,19,21-22,24-26,28,35-37,47,49-52H,15-18,20H2,1-10H3,(H,45,55)/b12-11+,19-14+,23-13-/t22-,24+,25+,26-,28-,35-,36+,37+,43-/m0/s1. The Labute approximate surface area is 340 Å². The lowest BCUT2D eigenvalue weighted by Gasteiger charge is -2.38. The van der Waals surface area contributed by atoms with Crippen molar-refractivity contribution in [3.8, 4) is 11.5 Å². The summed E-state index contributed by atoms with van der Waals surface area (Å²) in [6.07, 6.45) is 5.00. The molecule has 0 radical (unpaired) electrons. The number of phenolic OH excluding ortho intramolecular Hbond substituents is 1. The monoisotopic (exact) mass is 804 g/mol. The van der Waals surface area contributed by atoms with Crippen molar-refractivity contribution in [1.29, 1.82) is 0 Å². The van der Waals surface area contributed by atoms with Gasteiger partial charge in [-0.2, -0.15) is 0 Å². The fourth-order valence-corrected chi connectivity index (χ4v) is 8.88. The molecule has 1 fully saturated rings. The molecule has 1 amide bonds. The molecular weight excluding hydrogens is 745 g/mol. The molecule has 1 saturated heterocycles. The van der Waals surface area contributed by atoms with Crippen LogP contribution in [-0.4, -0.2) is 111 Å². The number of piperidine rings is 1. The number of aliphatic hydroxyl groups is 3. The quantitative estimate of drug-likeness (QED) is 0.257. The Morgan fingerprint density at radius 3 is 2.21 bits per heavy atom. The number of allylic oxidation sites excluding steroid dienone is 4. The number of Topliss-reactive ketones (excluding diaryl/α,β-unsaturated/α-hetero) is 2. The second-order valence-electron chi connectivity index (χ2n) is 17.4. The Bertz CT molecular complexity index is 1990. The summed E-state index contributed by atoms with van der Waals surface area (Å²) in [6.45, 7) is 18.2. The van der Waals surface area contributed by atoms with Gasteiger partial charge >= 0.3 is 5.79 Å². The van der Waals surface area contributed by atoms with E-state index < -0.39 is 82.8 Å². The molecule has 0 saturated carbocycles. The average molecular weight is 805 g/mol. The summed E-state index contributed by atoms with van der Waals surface area (Å²) in [5, 5.41) is 52.0. The Hall–Kier alpha value is -4.34. The predicted molar refractivity (Wildman–Crippen MR) is 217 cm³/mol. The van der Waals surface area contributed by atoms with Gasteiger partial charge in [0.2, 0.25) is 5.78 Å². The molecule has 4 heterocycles. The second-order valence-corrected chi connectivity index (χ2v) is 17.4. The number of fused-ring (bicyclic) bond motifs is 3. The minimum atomic E-state index is -1.94. The van der Waals surface area contributed by atoms with Crippen LogP contribution in [0.3, 0.4) is 0 Å². The van der Waals surface area contributed by atoms with Crippen LogP contribution in [-0.2, 0) is 14.3 Å². The molecular formula is C44H60N4O10. The van der Waals surface area contributed by atoms with E-state index in [4.69, 9.17) is 19.2 Å². The van der Waals surface area contributed by atoms with E-state index in [1.165, 1.54) is 26.4 Å². The third-order valence-electron chi connectivity index (χ3n) is 12.7. The molecule has 0 aromatic heterocycles. The molecule has 58 heavy (non-hydrogen) atoms. The van der Waals surface area contributed by atoms with Crippen molar-refractivity contribution in [2.24, 2.45) is 34.6 Å². The van der Waals surface area contributed by atoms with Crippen LogP contribution < -0.4 is 15.4 Å². The first kappa shape index (κ1) is 43.2. The van der Waals surface area contributed by atoms with E-state index in [2.05, 4.69) is 29.4 Å². The van der Waals surface area contributed by atoms with E-state index in [1.54, 1.807) is 59.8 Å². The van der Waals surface area contributed by atoms with Gasteiger partial charge in [0, 0.05) is 86.9 Å². The van der Waals surface area contributed by atoms with Gasteiger partial charge in [0.05, 0.1) is 53.2 Å². The number of rotatable bonds is 3. The number of aliphatic imine (C=N–C) groups is 1. The fraction of sp³-hybridized carbons (Fsp3) is 0.591. The van der Waals surface area contributed by atoms with Crippen LogP contribution >= 0.6 is 0 Å². The number of aliphatic hydroxyl groups excluding tert-OH is 3. The van der Waals surface area contributed by atoms with Gasteiger partial charge in [-0.3, -0.25) is 19.4 Å². The number of hydrogen-bond donors (Lipinski definition) is 6. The van der Waals surface area contributed by atoms with Crippen molar-refractivity contribution in [3.63, 3.8) is 0 Å². The molecule has 316 valence electrons. The van der Waals surface area contributed by atoms with E-state index in [9.17, 15) is 34.8 Å². The fourth-order valence-electron chi connectivity index (χ4n) is 8.88. The number of carbonyl (C=O) groups excluding carboxylic acids is 3. The van der Waals surface area contributed by atoms with Gasteiger partial charge in [0.1, 0.15) is 22.9 Å². The van der Waals surface area contributed by atoms with Gasteiger partial charge < -0.3 is 50.2 Å². The zero-order chi connectivity index (χ0) is 42.6. The molecule has 1 aromatic carbocycles. The Balaban J connectivity index is 1.48. The topological polar surface area (TPSA) is 199 Å². The first-order chi connectivity index (χ1) is 27.3. The molecule has 1 aliphatic carbocycles. The van der Waals surface area contributed by atoms with E-state index in [0.29, 0.717) is 18.8 Å². The molecule has 1 aromatic rings. The van der Waals surface area contributed by atoms with Crippen LogP contribution in [0.5, 0.6) is 11.5 Å². The maximum Gasteiger partial charge on any atom is 0.312 e. The molecule has 14 nitrogen and oxygen atoms in total. The second kappa shape index (κ2) is 16.4. The van der Waals surface area contributed by atoms with Crippen molar-refractivity contribution in [1.82, 2.24) is 15.5 Å². The number of benzene rings is 1. The highest BCUT2D eigenvalue weighted by molar-refractivity contribution is 6.34. The van der Waals surface area contributed by atoms with Crippen LogP contribution in [0.2, 0.25) is 0 Å². The van der Waals surface area contributed by atoms with Crippen molar-refractivity contribution < 1.29 is 49.0 Å². The van der Waals surface area contributed by atoms with Crippen LogP contribution in [0.15, 0.2) is 52.5 Å². The highest BCUT2D eigenvalue weighted by Crippen LogP contribution is 2.50. The van der Waals surface area contributed by atoms with Gasteiger partial charge in [-0.15, -0.1) is 0 Å². The van der Waals surface area contributed by atoms with E-state index >= 15 is 0 Å². The van der Waals surface area contributed by atoms with E-state index in [1.807, 2.05) is 0 Å². The number of nitrogens with zero attached hydrogens (tertiary/aromatic N) is 2. The number of hydrogen-bond acceptors (Lipinski definition) is 13. The lowest BCUT2D eigenvalue weighted by molar-refractivity contribution is -0.116. The van der Waals surface area contributed by atoms with Gasteiger partial charge in [-0.1, -0.05) is 59.8 Å². The van der Waals surface area contributed by atoms with Gasteiger partial charge in [-0.25, -0.2) is 0 Å². The van der Waals surface area contributed by atoms with Crippen LogP contribution in [0.1, 0.15) is 100 Å². The summed E-state index contributed by atoms with van der Waals surface area (Å²) in [4.78, 5) is 50.6. The third kappa shape index (κ3) is 7.65. The van der Waals surface area contributed by atoms with Gasteiger partial charge in [0.15, 0.2) is 0 Å². The Kier molecular flexibility index (Phi) is 12.2. The number of ketones is 2. The summed E-state index contributed by atoms with van der Waals surface area (Å²) in [5.41, 5.74) is -0.0812. The molecule has 6 rings (SSSR count). The summed E-state index contributed by atoms with van der Waals surface area (Å²) in [6, 6.07) is 0. The average Bonchev–Trinajstić information content (AvgIpc) is 3.69. The first-order valence-corrected chi connectivity index (χ1v) is 20.4. The largest absolute Gasteiger partial charge is 0.507 e. The van der Waals surface area contributed by atoms with Crippen molar-refractivity contribution in [2.75, 3.05) is 26.7 Å². The van der Waals surface area contributed by atoms with E-state index in [-0.39, 0.29) is 50.7 Å². The zero-order valence-electron chi connectivity index (χ0n) is 35.3. The lowest BCUT2D eigenvalue weighted by atomic mass is 9.78. The van der Waals surface area contributed by atoms with Crippen molar-refractivity contribution in [2.45, 2.75) is 111 Å². The number of nitrogens with one attached hydrogen (secondary N) is 2.